The minimum Gasteiger partial charge on any atom is -0.314 e. The van der Waals surface area contributed by atoms with Gasteiger partial charge in [-0.15, -0.1) is 0 Å². The normalized spacial score (nSPS) is 12.6. The maximum absolute atomic E-state index is 8.17. The smallest absolute Gasteiger partial charge is 0.0638 e. The highest BCUT2D eigenvalue weighted by Crippen LogP contribution is 1.84. The van der Waals surface area contributed by atoms with Gasteiger partial charge in [-0.3, -0.25) is 0 Å². The molecule has 0 saturated carbocycles. The Morgan fingerprint density at radius 2 is 2.38 bits per heavy atom. The van der Waals surface area contributed by atoms with Crippen molar-refractivity contribution in [3.8, 4) is 6.07 Å². The lowest BCUT2D eigenvalue weighted by atomic mass is 10.2. The van der Waals surface area contributed by atoms with Gasteiger partial charge in [0.25, 0.3) is 0 Å². The average Bonchev–Trinajstić information content (AvgIpc) is 1.68. The van der Waals surface area contributed by atoms with E-state index in [1.165, 1.54) is 0 Å². The van der Waals surface area contributed by atoms with Crippen molar-refractivity contribution in [2.75, 3.05) is 6.54 Å². The molecule has 1 atom stereocenters. The van der Waals surface area contributed by atoms with Gasteiger partial charge >= 0.3 is 0 Å². The first-order valence-electron chi connectivity index (χ1n) is 2.91. The summed E-state index contributed by atoms with van der Waals surface area (Å²) in [7, 11) is 0. The molecule has 0 aromatic rings. The number of hydrogen-bond acceptors (Lipinski definition) is 2. The highest BCUT2D eigenvalue weighted by atomic mass is 14.9. The summed E-state index contributed by atoms with van der Waals surface area (Å²) in [6.45, 7) is 4.99. The molecule has 46 valence electrons. The molecule has 0 bridgehead atoms. The summed E-state index contributed by atoms with van der Waals surface area (Å²) in [5.74, 6) is 0. The lowest BCUT2D eigenvalue weighted by Gasteiger charge is -2.04. The van der Waals surface area contributed by atoms with Gasteiger partial charge in [0, 0.05) is 6.04 Å². The lowest BCUT2D eigenvalue weighted by Crippen LogP contribution is -2.24. The van der Waals surface area contributed by atoms with Gasteiger partial charge in [-0.2, -0.15) is 5.26 Å². The molecule has 0 rings (SSSR count). The third-order valence-electron chi connectivity index (χ3n) is 0.950. The Kier molecular flexibility index (Phi) is 4.29. The van der Waals surface area contributed by atoms with Crippen molar-refractivity contribution in [3.05, 3.63) is 0 Å². The van der Waals surface area contributed by atoms with Crippen molar-refractivity contribution in [2.24, 2.45) is 0 Å². The van der Waals surface area contributed by atoms with E-state index in [4.69, 9.17) is 5.26 Å². The fraction of sp³-hybridized carbons (Fsp3) is 0.833. The monoisotopic (exact) mass is 112 g/mol. The Balaban J connectivity index is 3.08. The highest BCUT2D eigenvalue weighted by Gasteiger charge is 1.94. The maximum Gasteiger partial charge on any atom is 0.0638 e. The summed E-state index contributed by atoms with van der Waals surface area (Å²) in [5.41, 5.74) is 0. The second-order valence-electron chi connectivity index (χ2n) is 1.82. The first-order valence-corrected chi connectivity index (χ1v) is 2.91. The van der Waals surface area contributed by atoms with Crippen LogP contribution in [0.3, 0.4) is 0 Å². The molecule has 0 amide bonds. The first kappa shape index (κ1) is 7.45. The van der Waals surface area contributed by atoms with E-state index in [1.807, 2.05) is 13.8 Å². The van der Waals surface area contributed by atoms with E-state index in [9.17, 15) is 0 Å². The number of nitrogens with zero attached hydrogens (tertiary/aromatic N) is 1. The van der Waals surface area contributed by atoms with Crippen molar-refractivity contribution in [1.29, 1.82) is 5.26 Å². The van der Waals surface area contributed by atoms with Crippen LogP contribution in [0, 0.1) is 11.3 Å². The predicted molar refractivity (Wildman–Crippen MR) is 33.4 cm³/mol. The molecule has 0 aromatic carbocycles. The molecule has 0 saturated heterocycles. The molecule has 0 fully saturated rings. The Hall–Kier alpha value is -0.550. The van der Waals surface area contributed by atoms with E-state index in [0.29, 0.717) is 12.5 Å². The molecule has 0 unspecified atom stereocenters. The standard InChI is InChI=1S/C6H12N2/c1-3-8-6(2)4-5-7/h6,8H,3-4H2,1-2H3/t6-/m0/s1. The van der Waals surface area contributed by atoms with Gasteiger partial charge in [-0.05, 0) is 13.5 Å². The molecule has 0 heterocycles. The lowest BCUT2D eigenvalue weighted by molar-refractivity contribution is 0.578. The molecular weight excluding hydrogens is 100 g/mol. The molecule has 0 aliphatic heterocycles. The summed E-state index contributed by atoms with van der Waals surface area (Å²) < 4.78 is 0. The van der Waals surface area contributed by atoms with Crippen LogP contribution in [-0.2, 0) is 0 Å². The van der Waals surface area contributed by atoms with E-state index < -0.39 is 0 Å². The molecule has 0 radical (unpaired) electrons. The Morgan fingerprint density at radius 1 is 1.75 bits per heavy atom. The molecule has 0 aliphatic rings. The zero-order valence-corrected chi connectivity index (χ0v) is 5.44. The second kappa shape index (κ2) is 4.61. The van der Waals surface area contributed by atoms with Crippen LogP contribution >= 0.6 is 0 Å². The van der Waals surface area contributed by atoms with E-state index in [1.54, 1.807) is 0 Å². The third kappa shape index (κ3) is 3.63. The minimum atomic E-state index is 0.352. The fourth-order valence-electron chi connectivity index (χ4n) is 0.558. The summed E-state index contributed by atoms with van der Waals surface area (Å²) in [4.78, 5) is 0. The quantitative estimate of drug-likeness (QED) is 0.588. The van der Waals surface area contributed by atoms with Crippen LogP contribution in [-0.4, -0.2) is 12.6 Å². The number of hydrogen-bond donors (Lipinski definition) is 1. The van der Waals surface area contributed by atoms with E-state index >= 15 is 0 Å². The van der Waals surface area contributed by atoms with Crippen molar-refractivity contribution < 1.29 is 0 Å². The molecule has 2 nitrogen and oxygen atoms in total. The van der Waals surface area contributed by atoms with Crippen molar-refractivity contribution in [3.63, 3.8) is 0 Å². The van der Waals surface area contributed by atoms with Crippen LogP contribution in [0.5, 0.6) is 0 Å². The summed E-state index contributed by atoms with van der Waals surface area (Å²) in [6, 6.07) is 2.44. The van der Waals surface area contributed by atoms with Gasteiger partial charge in [0.15, 0.2) is 0 Å². The van der Waals surface area contributed by atoms with Gasteiger partial charge in [0.2, 0.25) is 0 Å². The maximum atomic E-state index is 8.17. The van der Waals surface area contributed by atoms with Crippen molar-refractivity contribution >= 4 is 0 Å². The van der Waals surface area contributed by atoms with Crippen LogP contribution in [0.15, 0.2) is 0 Å². The van der Waals surface area contributed by atoms with Crippen LogP contribution in [0.2, 0.25) is 0 Å². The highest BCUT2D eigenvalue weighted by molar-refractivity contribution is 4.76. The van der Waals surface area contributed by atoms with Crippen LogP contribution in [0.25, 0.3) is 0 Å². The van der Waals surface area contributed by atoms with Gasteiger partial charge in [-0.1, -0.05) is 6.92 Å². The predicted octanol–water partition coefficient (Wildman–Crippen LogP) is 0.898. The summed E-state index contributed by atoms with van der Waals surface area (Å²) in [6.07, 6.45) is 0.605. The van der Waals surface area contributed by atoms with E-state index in [-0.39, 0.29) is 0 Å². The fourth-order valence-corrected chi connectivity index (χ4v) is 0.558. The Labute approximate surface area is 50.5 Å². The molecule has 2 heteroatoms. The van der Waals surface area contributed by atoms with Crippen molar-refractivity contribution in [2.45, 2.75) is 26.3 Å². The third-order valence-corrected chi connectivity index (χ3v) is 0.950. The Morgan fingerprint density at radius 3 is 2.75 bits per heavy atom. The van der Waals surface area contributed by atoms with Crippen molar-refractivity contribution in [1.82, 2.24) is 5.32 Å². The molecule has 0 aromatic heterocycles. The molecule has 0 spiro atoms. The van der Waals surface area contributed by atoms with E-state index in [0.717, 1.165) is 6.54 Å². The van der Waals surface area contributed by atoms with Crippen LogP contribution < -0.4 is 5.32 Å². The van der Waals surface area contributed by atoms with Gasteiger partial charge in [-0.25, -0.2) is 0 Å². The van der Waals surface area contributed by atoms with Crippen LogP contribution in [0.1, 0.15) is 20.3 Å². The summed E-state index contributed by atoms with van der Waals surface area (Å²) >= 11 is 0. The Bertz CT molecular complexity index is 83.0. The van der Waals surface area contributed by atoms with Gasteiger partial charge in [0.1, 0.15) is 0 Å². The number of rotatable bonds is 3. The largest absolute Gasteiger partial charge is 0.314 e. The molecular formula is C6H12N2. The zero-order chi connectivity index (χ0) is 6.41. The number of nitriles is 1. The van der Waals surface area contributed by atoms with E-state index in [2.05, 4.69) is 11.4 Å². The summed E-state index contributed by atoms with van der Waals surface area (Å²) in [5, 5.41) is 11.3. The zero-order valence-electron chi connectivity index (χ0n) is 5.44. The molecule has 8 heavy (non-hydrogen) atoms. The van der Waals surface area contributed by atoms with Gasteiger partial charge < -0.3 is 5.32 Å². The molecule has 0 aliphatic carbocycles. The number of nitrogens with one attached hydrogen (secondary N) is 1. The average molecular weight is 112 g/mol. The van der Waals surface area contributed by atoms with Gasteiger partial charge in [0.05, 0.1) is 12.5 Å². The topological polar surface area (TPSA) is 35.8 Å². The minimum absolute atomic E-state index is 0.352. The second-order valence-corrected chi connectivity index (χ2v) is 1.82. The first-order chi connectivity index (χ1) is 3.81. The molecule has 1 N–H and O–H groups in total. The van der Waals surface area contributed by atoms with Crippen LogP contribution in [0.4, 0.5) is 0 Å². The SMILES string of the molecule is CCN[C@@H](C)CC#N.